The van der Waals surface area contributed by atoms with Crippen molar-refractivity contribution in [3.63, 3.8) is 0 Å². The van der Waals surface area contributed by atoms with Crippen molar-refractivity contribution in [2.45, 2.75) is 81.2 Å². The van der Waals surface area contributed by atoms with Gasteiger partial charge < -0.3 is 82.2 Å². The zero-order valence-corrected chi connectivity index (χ0v) is 55.1. The van der Waals surface area contributed by atoms with E-state index < -0.39 is 71.7 Å². The van der Waals surface area contributed by atoms with E-state index in [1.54, 1.807) is 31.0 Å². The number of primary amides is 1. The molecule has 0 aliphatic carbocycles. The largest absolute Gasteiger partial charge is 0.379 e. The van der Waals surface area contributed by atoms with E-state index >= 15 is 24.0 Å². The molecule has 516 valence electrons. The van der Waals surface area contributed by atoms with Crippen molar-refractivity contribution in [3.8, 4) is 0 Å². The molecule has 12 aromatic rings. The number of carbonyl (C=O) groups excluding carboxylic acids is 7. The second-order valence-corrected chi connectivity index (χ2v) is 24.9. The number of hydrogen-bond donors (Lipinski definition) is 14. The van der Waals surface area contributed by atoms with Crippen molar-refractivity contribution in [2.75, 3.05) is 52.7 Å². The van der Waals surface area contributed by atoms with E-state index in [1.165, 1.54) is 0 Å². The Morgan fingerprint density at radius 2 is 0.560 bits per heavy atom. The van der Waals surface area contributed by atoms with Crippen molar-refractivity contribution in [1.82, 2.24) is 61.8 Å². The molecular weight excluding hydrogens is 1270 g/mol. The lowest BCUT2D eigenvalue weighted by atomic mass is 9.99. The molecule has 6 aromatic heterocycles. The van der Waals surface area contributed by atoms with Crippen LogP contribution in [0.15, 0.2) is 183 Å². The third-order valence-electron chi connectivity index (χ3n) is 18.2. The van der Waals surface area contributed by atoms with Crippen molar-refractivity contribution in [2.24, 2.45) is 11.5 Å². The summed E-state index contributed by atoms with van der Waals surface area (Å²) in [4.78, 5) is 124. The predicted molar refractivity (Wildman–Crippen MR) is 384 cm³/mol. The lowest BCUT2D eigenvalue weighted by Crippen LogP contribution is -2.61. The number of nitrogens with one attached hydrogen (secondary N) is 12. The number of para-hydroxylation sites is 6. The first-order valence-corrected chi connectivity index (χ1v) is 33.6. The summed E-state index contributed by atoms with van der Waals surface area (Å²) in [6, 6.07) is 37.5. The van der Waals surface area contributed by atoms with Crippen molar-refractivity contribution >= 4 is 107 Å². The Labute approximate surface area is 575 Å². The first kappa shape index (κ1) is 68.8. The van der Waals surface area contributed by atoms with Crippen LogP contribution in [0.5, 0.6) is 0 Å². The van der Waals surface area contributed by atoms with Crippen LogP contribution in [0.2, 0.25) is 0 Å². The van der Waals surface area contributed by atoms with E-state index in [0.717, 1.165) is 76.5 Å². The molecule has 0 radical (unpaired) electrons. The van der Waals surface area contributed by atoms with Gasteiger partial charge in [-0.2, -0.15) is 0 Å². The highest BCUT2D eigenvalue weighted by Gasteiger charge is 2.36. The Balaban J connectivity index is 0.840. The number of aromatic nitrogens is 6. The zero-order chi connectivity index (χ0) is 69.3. The minimum absolute atomic E-state index is 0.0414. The average Bonchev–Trinajstić information content (AvgIpc) is 1.63. The minimum atomic E-state index is -1.42. The monoisotopic (exact) mass is 1350 g/mol. The molecule has 6 amide bonds. The van der Waals surface area contributed by atoms with Gasteiger partial charge in [-0.25, -0.2) is 0 Å². The number of hydrogen-bond acceptors (Lipinski definition) is 12. The number of H-pyrrole nitrogens is 6. The molecule has 12 rings (SSSR count). The number of ether oxygens (including phenoxy) is 3. The van der Waals surface area contributed by atoms with Crippen LogP contribution in [0.25, 0.3) is 65.4 Å². The van der Waals surface area contributed by atoms with Gasteiger partial charge in [0.15, 0.2) is 0 Å². The van der Waals surface area contributed by atoms with Crippen LogP contribution in [0.4, 0.5) is 0 Å². The average molecular weight is 1350 g/mol. The van der Waals surface area contributed by atoms with Gasteiger partial charge in [0.05, 0.1) is 52.2 Å². The molecule has 6 aromatic carbocycles. The summed E-state index contributed by atoms with van der Waals surface area (Å²) in [5.74, 6) is -4.55. The van der Waals surface area contributed by atoms with Crippen LogP contribution in [0, 0.1) is 0 Å². The number of carbonyl (C=O) groups is 7. The van der Waals surface area contributed by atoms with Crippen LogP contribution in [-0.4, -0.2) is 160 Å². The summed E-state index contributed by atoms with van der Waals surface area (Å²) >= 11 is 0. The third-order valence-corrected chi connectivity index (χ3v) is 18.2. The zero-order valence-electron chi connectivity index (χ0n) is 55.1. The molecule has 24 nitrogen and oxygen atoms in total. The maximum Gasteiger partial charge on any atom is 0.243 e. The highest BCUT2D eigenvalue weighted by Crippen LogP contribution is 2.26. The van der Waals surface area contributed by atoms with E-state index in [0.29, 0.717) is 55.2 Å². The smallest absolute Gasteiger partial charge is 0.243 e. The van der Waals surface area contributed by atoms with E-state index in [1.807, 2.05) is 152 Å². The molecule has 0 aliphatic rings. The predicted octanol–water partition coefficient (Wildman–Crippen LogP) is 6.17. The normalized spacial score (nSPS) is 13.5. The molecule has 0 spiro atoms. The molecular formula is C76H82N14O10. The van der Waals surface area contributed by atoms with Gasteiger partial charge in [0.25, 0.3) is 0 Å². The molecule has 0 bridgehead atoms. The number of amides is 6. The first-order chi connectivity index (χ1) is 48.8. The molecule has 24 heteroatoms. The van der Waals surface area contributed by atoms with E-state index in [4.69, 9.17) is 25.7 Å². The van der Waals surface area contributed by atoms with E-state index in [2.05, 4.69) is 61.8 Å². The van der Waals surface area contributed by atoms with Gasteiger partial charge in [0.1, 0.15) is 36.0 Å². The second-order valence-electron chi connectivity index (χ2n) is 24.9. The molecule has 100 heavy (non-hydrogen) atoms. The van der Waals surface area contributed by atoms with Crippen molar-refractivity contribution in [1.29, 1.82) is 0 Å². The number of aromatic amines is 6. The Bertz CT molecular complexity index is 4830. The Hall–Kier alpha value is -11.2. The minimum Gasteiger partial charge on any atom is -0.379 e. The summed E-state index contributed by atoms with van der Waals surface area (Å²) in [7, 11) is 0. The lowest BCUT2D eigenvalue weighted by Gasteiger charge is -2.28. The number of ketones is 1. The highest BCUT2D eigenvalue weighted by atomic mass is 16.5. The lowest BCUT2D eigenvalue weighted by molar-refractivity contribution is -0.135. The summed E-state index contributed by atoms with van der Waals surface area (Å²) in [5, 5.41) is 23.0. The van der Waals surface area contributed by atoms with Crippen LogP contribution in [0.3, 0.4) is 0 Å². The van der Waals surface area contributed by atoms with Gasteiger partial charge in [-0.3, -0.25) is 38.9 Å². The summed E-state index contributed by atoms with van der Waals surface area (Å²) in [6.45, 7) is 2.13. The fourth-order valence-electron chi connectivity index (χ4n) is 12.9. The molecule has 0 saturated carbocycles. The SMILES string of the molecule is NCCOCCOCCOCCC(=O)CN[C@@H](Cc1c[nH]c2ccccc12)C(=O)N[C@H](Cc1c[nH]c2ccccc12)C(=O)N[C@@H](Cc1c[nH]c2ccccc12)C(=O)N[C@H](Cc1c[nH]c2ccccc12)C(=O)N[C@@H](Cc1c[nH]c2ccccc12)C(=O)N[C@H](Cc1c[nH]c2ccccc12)C(N)=O. The van der Waals surface area contributed by atoms with Crippen LogP contribution in [0.1, 0.15) is 39.8 Å². The Morgan fingerprint density at radius 1 is 0.320 bits per heavy atom. The molecule has 0 saturated heterocycles. The van der Waals surface area contributed by atoms with Crippen LogP contribution < -0.4 is 43.4 Å². The molecule has 0 fully saturated rings. The maximum absolute atomic E-state index is 15.8. The third kappa shape index (κ3) is 17.0. The van der Waals surface area contributed by atoms with Gasteiger partial charge in [-0.15, -0.1) is 0 Å². The fourth-order valence-corrected chi connectivity index (χ4v) is 12.9. The Kier molecular flexibility index (Phi) is 22.6. The number of benzene rings is 6. The van der Waals surface area contributed by atoms with Gasteiger partial charge in [-0.05, 0) is 76.2 Å². The maximum atomic E-state index is 15.8. The van der Waals surface area contributed by atoms with Crippen LogP contribution >= 0.6 is 0 Å². The fraction of sp³-hybridized carbons (Fsp3) is 0.276. The summed E-state index contributed by atoms with van der Waals surface area (Å²) < 4.78 is 16.6. The van der Waals surface area contributed by atoms with E-state index in [9.17, 15) is 9.59 Å². The van der Waals surface area contributed by atoms with Gasteiger partial charge in [0.2, 0.25) is 35.4 Å². The number of Topliss-reactive ketones (excluding diaryl/α,β-unsaturated/α-hetero) is 1. The van der Waals surface area contributed by atoms with Gasteiger partial charge in [-0.1, -0.05) is 109 Å². The Morgan fingerprint density at radius 3 is 0.850 bits per heavy atom. The molecule has 0 unspecified atom stereocenters. The molecule has 6 atom stereocenters. The summed E-state index contributed by atoms with van der Waals surface area (Å²) in [6.07, 6.45) is 10.5. The summed E-state index contributed by atoms with van der Waals surface area (Å²) in [5.41, 5.74) is 20.6. The highest BCUT2D eigenvalue weighted by molar-refractivity contribution is 5.99. The second kappa shape index (κ2) is 32.9. The first-order valence-electron chi connectivity index (χ1n) is 33.6. The van der Waals surface area contributed by atoms with Crippen molar-refractivity contribution in [3.05, 3.63) is 216 Å². The quantitative estimate of drug-likeness (QED) is 0.0195. The standard InChI is InChI=1S/C76H82N14O10/c77-26-28-99-30-32-100-31-29-98-27-25-52(91)45-85-66(34-47-40-80-60-20-8-2-14-54(47)60)72(93)87-68(36-49-42-82-62-22-10-4-16-56(49)62)74(95)89-70(38-51-44-84-64-24-12-6-18-58(51)64)76(97)90-69(37-50-43-83-63-23-11-5-17-57(50)63)75(96)88-67(35-48-41-81-61-21-9-3-15-55(48)61)73(94)86-65(71(78)92)33-46-39-79-59-19-7-1-13-53(46)59/h1-24,39-44,65-70,79-85H,25-38,45,77H2,(H2,78,92)(H,86,94)(H,87,93)(H,88,96)(H,89,95)(H,90,97)/t65-,66+,67+,68-,69-,70+/m1/s1. The number of rotatable bonds is 37. The topological polar surface area (TPSA) is 366 Å². The van der Waals surface area contributed by atoms with Gasteiger partial charge >= 0.3 is 0 Å². The van der Waals surface area contributed by atoms with E-state index in [-0.39, 0.29) is 70.5 Å². The molecule has 6 heterocycles. The molecule has 0 aliphatic heterocycles. The number of fused-ring (bicyclic) bond motifs is 6. The van der Waals surface area contributed by atoms with Crippen LogP contribution in [-0.2, 0) is 86.3 Å². The van der Waals surface area contributed by atoms with Crippen molar-refractivity contribution < 1.29 is 47.8 Å². The van der Waals surface area contributed by atoms with Gasteiger partial charge in [0, 0.05) is 148 Å². The molecule has 16 N–H and O–H groups in total. The number of nitrogens with two attached hydrogens (primary N) is 2.